The van der Waals surface area contributed by atoms with Gasteiger partial charge in [0, 0.05) is 17.7 Å². The van der Waals surface area contributed by atoms with Crippen LogP contribution in [0.5, 0.6) is 0 Å². The third-order valence-corrected chi connectivity index (χ3v) is 5.66. The molecular weight excluding hydrogens is 364 g/mol. The molecule has 0 aliphatic carbocycles. The maximum absolute atomic E-state index is 12.9. The molecule has 134 valence electrons. The number of benzene rings is 2. The summed E-state index contributed by atoms with van der Waals surface area (Å²) in [6.07, 6.45) is 0. The van der Waals surface area contributed by atoms with E-state index in [9.17, 15) is 28.1 Å². The molecule has 1 atom stereocenters. The van der Waals surface area contributed by atoms with Crippen molar-refractivity contribution in [3.8, 4) is 0 Å². The van der Waals surface area contributed by atoms with Crippen molar-refractivity contribution in [3.05, 3.63) is 64.2 Å². The maximum atomic E-state index is 12.9. The molecule has 3 rings (SSSR count). The van der Waals surface area contributed by atoms with Gasteiger partial charge in [-0.25, -0.2) is 12.7 Å². The molecule has 10 heteroatoms. The number of fused-ring (bicyclic) bond motifs is 1. The summed E-state index contributed by atoms with van der Waals surface area (Å²) in [6.45, 7) is 0. The second-order valence-corrected chi connectivity index (χ2v) is 7.16. The Hall–Kier alpha value is -3.27. The van der Waals surface area contributed by atoms with Gasteiger partial charge >= 0.3 is 5.97 Å². The largest absolute Gasteiger partial charge is 0.468 e. The summed E-state index contributed by atoms with van der Waals surface area (Å²) in [5, 5.41) is 10.7. The van der Waals surface area contributed by atoms with Crippen LogP contribution in [0.4, 0.5) is 11.4 Å². The molecule has 0 saturated heterocycles. The minimum absolute atomic E-state index is 0.0475. The number of hydrogen-bond acceptors (Lipinski definition) is 7. The van der Waals surface area contributed by atoms with Crippen molar-refractivity contribution in [1.82, 2.24) is 0 Å². The van der Waals surface area contributed by atoms with Crippen LogP contribution < -0.4 is 4.31 Å². The molecule has 0 saturated carbocycles. The molecule has 1 aliphatic heterocycles. The van der Waals surface area contributed by atoms with Gasteiger partial charge in [-0.3, -0.25) is 19.7 Å². The van der Waals surface area contributed by atoms with Gasteiger partial charge in [0.15, 0.2) is 5.92 Å². The lowest BCUT2D eigenvalue weighted by Gasteiger charge is -2.18. The SMILES string of the molecule is COC(=O)C1C(=O)N(S(=O)(=O)c2ccc([N+](=O)[O-])cc2)c2ccccc21. The van der Waals surface area contributed by atoms with Gasteiger partial charge in [-0.1, -0.05) is 18.2 Å². The van der Waals surface area contributed by atoms with Gasteiger partial charge in [-0.05, 0) is 18.2 Å². The molecule has 1 aliphatic rings. The van der Waals surface area contributed by atoms with E-state index in [0.717, 1.165) is 31.4 Å². The molecule has 0 radical (unpaired) electrons. The highest BCUT2D eigenvalue weighted by Crippen LogP contribution is 2.41. The van der Waals surface area contributed by atoms with Gasteiger partial charge in [0.05, 0.1) is 22.6 Å². The molecule has 9 nitrogen and oxygen atoms in total. The molecule has 26 heavy (non-hydrogen) atoms. The standard InChI is InChI=1S/C16H12N2O7S/c1-25-16(20)14-12-4-2-3-5-13(12)17(15(14)19)26(23,24)11-8-6-10(7-9-11)18(21)22/h2-9,14H,1H3. The number of nitrogens with zero attached hydrogens (tertiary/aromatic N) is 2. The van der Waals surface area contributed by atoms with Gasteiger partial charge in [0.25, 0.3) is 21.6 Å². The van der Waals surface area contributed by atoms with Crippen LogP contribution in [0.3, 0.4) is 0 Å². The molecule has 1 amide bonds. The number of para-hydroxylation sites is 1. The average Bonchev–Trinajstić information content (AvgIpc) is 2.93. The molecule has 2 aromatic carbocycles. The van der Waals surface area contributed by atoms with Crippen molar-refractivity contribution < 1.29 is 27.7 Å². The third kappa shape index (κ3) is 2.60. The van der Waals surface area contributed by atoms with Gasteiger partial charge < -0.3 is 4.74 Å². The molecule has 0 fully saturated rings. The van der Waals surface area contributed by atoms with Crippen LogP contribution >= 0.6 is 0 Å². The zero-order valence-corrected chi connectivity index (χ0v) is 14.2. The Morgan fingerprint density at radius 2 is 1.77 bits per heavy atom. The predicted molar refractivity (Wildman–Crippen MR) is 89.0 cm³/mol. The first-order valence-corrected chi connectivity index (χ1v) is 8.73. The number of esters is 1. The minimum Gasteiger partial charge on any atom is -0.468 e. The van der Waals surface area contributed by atoms with E-state index in [-0.39, 0.29) is 21.8 Å². The van der Waals surface area contributed by atoms with Crippen LogP contribution in [-0.2, 0) is 24.3 Å². The number of carbonyl (C=O) groups excluding carboxylic acids is 2. The summed E-state index contributed by atoms with van der Waals surface area (Å²) >= 11 is 0. The highest BCUT2D eigenvalue weighted by molar-refractivity contribution is 7.93. The fourth-order valence-electron chi connectivity index (χ4n) is 2.72. The van der Waals surface area contributed by atoms with E-state index in [1.165, 1.54) is 18.2 Å². The average molecular weight is 376 g/mol. The molecule has 0 N–H and O–H groups in total. The first kappa shape index (κ1) is 17.5. The van der Waals surface area contributed by atoms with Crippen molar-refractivity contribution in [2.75, 3.05) is 11.4 Å². The van der Waals surface area contributed by atoms with Crippen molar-refractivity contribution in [1.29, 1.82) is 0 Å². The number of anilines is 1. The second-order valence-electron chi connectivity index (χ2n) is 5.37. The Balaban J connectivity index is 2.11. The Kier molecular flexibility index (Phi) is 4.20. The van der Waals surface area contributed by atoms with E-state index in [1.54, 1.807) is 6.07 Å². The number of ether oxygens (including phenoxy) is 1. The van der Waals surface area contributed by atoms with E-state index >= 15 is 0 Å². The van der Waals surface area contributed by atoms with Crippen LogP contribution in [0.25, 0.3) is 0 Å². The molecule has 0 aromatic heterocycles. The van der Waals surface area contributed by atoms with Crippen LogP contribution in [0, 0.1) is 10.1 Å². The Morgan fingerprint density at radius 1 is 1.15 bits per heavy atom. The highest BCUT2D eigenvalue weighted by atomic mass is 32.2. The lowest BCUT2D eigenvalue weighted by Crippen LogP contribution is -2.37. The van der Waals surface area contributed by atoms with Crippen molar-refractivity contribution in [2.24, 2.45) is 0 Å². The van der Waals surface area contributed by atoms with Gasteiger partial charge in [-0.15, -0.1) is 0 Å². The lowest BCUT2D eigenvalue weighted by molar-refractivity contribution is -0.384. The zero-order chi connectivity index (χ0) is 19.1. The zero-order valence-electron chi connectivity index (χ0n) is 13.4. The monoisotopic (exact) mass is 376 g/mol. The number of non-ortho nitro benzene ring substituents is 1. The second kappa shape index (κ2) is 6.23. The molecule has 2 aromatic rings. The number of sulfonamides is 1. The number of amides is 1. The first-order chi connectivity index (χ1) is 12.3. The number of carbonyl (C=O) groups is 2. The molecule has 1 unspecified atom stereocenters. The topological polar surface area (TPSA) is 124 Å². The van der Waals surface area contributed by atoms with Gasteiger partial charge in [-0.2, -0.15) is 0 Å². The number of nitro groups is 1. The summed E-state index contributed by atoms with van der Waals surface area (Å²) < 4.78 is 31.0. The summed E-state index contributed by atoms with van der Waals surface area (Å²) in [4.78, 5) is 34.4. The first-order valence-electron chi connectivity index (χ1n) is 7.29. The minimum atomic E-state index is -4.36. The smallest absolute Gasteiger partial charge is 0.322 e. The van der Waals surface area contributed by atoms with Crippen molar-refractivity contribution in [2.45, 2.75) is 10.8 Å². The summed E-state index contributed by atoms with van der Waals surface area (Å²) in [5.74, 6) is -3.22. The van der Waals surface area contributed by atoms with Crippen LogP contribution in [0.2, 0.25) is 0 Å². The van der Waals surface area contributed by atoms with E-state index in [1.807, 2.05) is 0 Å². The molecule has 1 heterocycles. The Bertz CT molecular complexity index is 1020. The molecule has 0 bridgehead atoms. The quantitative estimate of drug-likeness (QED) is 0.343. The third-order valence-electron chi connectivity index (χ3n) is 3.94. The highest BCUT2D eigenvalue weighted by Gasteiger charge is 2.48. The number of hydrogen-bond donors (Lipinski definition) is 0. The Morgan fingerprint density at radius 3 is 2.35 bits per heavy atom. The normalized spacial score (nSPS) is 16.3. The fraction of sp³-hybridized carbons (Fsp3) is 0.125. The molecule has 0 spiro atoms. The number of rotatable bonds is 4. The summed E-state index contributed by atoms with van der Waals surface area (Å²) in [6, 6.07) is 10.1. The fourth-order valence-corrected chi connectivity index (χ4v) is 4.18. The van der Waals surface area contributed by atoms with E-state index in [0.29, 0.717) is 4.31 Å². The Labute approximate surface area is 148 Å². The van der Waals surface area contributed by atoms with Crippen LogP contribution in [0.1, 0.15) is 11.5 Å². The van der Waals surface area contributed by atoms with Crippen LogP contribution in [0.15, 0.2) is 53.4 Å². The predicted octanol–water partition coefficient (Wildman–Crippen LogP) is 1.59. The van der Waals surface area contributed by atoms with Crippen LogP contribution in [-0.4, -0.2) is 32.3 Å². The van der Waals surface area contributed by atoms with Gasteiger partial charge in [0.2, 0.25) is 0 Å². The summed E-state index contributed by atoms with van der Waals surface area (Å²) in [5.41, 5.74) is -0.0226. The molecular formula is C16H12N2O7S. The van der Waals surface area contributed by atoms with Crippen molar-refractivity contribution >= 4 is 33.3 Å². The van der Waals surface area contributed by atoms with Crippen molar-refractivity contribution in [3.63, 3.8) is 0 Å². The van der Waals surface area contributed by atoms with Gasteiger partial charge in [0.1, 0.15) is 0 Å². The maximum Gasteiger partial charge on any atom is 0.322 e. The van der Waals surface area contributed by atoms with E-state index in [2.05, 4.69) is 4.74 Å². The lowest BCUT2D eigenvalue weighted by atomic mass is 10.0. The number of nitro benzene ring substituents is 1. The number of methoxy groups -OCH3 is 1. The van der Waals surface area contributed by atoms with E-state index in [4.69, 9.17) is 0 Å². The van der Waals surface area contributed by atoms with E-state index < -0.39 is 32.7 Å². The summed E-state index contributed by atoms with van der Waals surface area (Å²) in [7, 11) is -3.26.